The first-order chi connectivity index (χ1) is 9.40. The predicted octanol–water partition coefficient (Wildman–Crippen LogP) is 1.22. The molecule has 0 radical (unpaired) electrons. The van der Waals surface area contributed by atoms with Crippen LogP contribution >= 0.6 is 0 Å². The minimum atomic E-state index is -0.821. The van der Waals surface area contributed by atoms with Crippen molar-refractivity contribution >= 4 is 12.0 Å². The summed E-state index contributed by atoms with van der Waals surface area (Å²) in [6, 6.07) is 0.452. The zero-order valence-corrected chi connectivity index (χ0v) is 12.8. The Morgan fingerprint density at radius 3 is 2.70 bits per heavy atom. The highest BCUT2D eigenvalue weighted by Gasteiger charge is 2.24. The summed E-state index contributed by atoms with van der Waals surface area (Å²) in [5.41, 5.74) is 0. The van der Waals surface area contributed by atoms with Crippen molar-refractivity contribution < 1.29 is 14.7 Å². The van der Waals surface area contributed by atoms with Gasteiger partial charge in [-0.1, -0.05) is 0 Å². The molecule has 1 heterocycles. The molecule has 0 aromatic heterocycles. The highest BCUT2D eigenvalue weighted by Crippen LogP contribution is 2.17. The van der Waals surface area contributed by atoms with Gasteiger partial charge in [0.1, 0.15) is 0 Å². The minimum absolute atomic E-state index is 0.101. The standard InChI is InChI=1S/C14H27N3O3/c1-11(2)17-8-6-12(10-17)9-15-14(20)16(3)7-4-5-13(18)19/h11-12H,4-10H2,1-3H3,(H,15,20)(H,18,19). The molecule has 1 aliphatic rings. The number of hydrogen-bond donors (Lipinski definition) is 2. The Labute approximate surface area is 121 Å². The Bertz CT molecular complexity index is 334. The Kier molecular flexibility index (Phi) is 6.78. The highest BCUT2D eigenvalue weighted by molar-refractivity contribution is 5.73. The minimum Gasteiger partial charge on any atom is -0.481 e. The summed E-state index contributed by atoms with van der Waals surface area (Å²) >= 11 is 0. The number of carbonyl (C=O) groups is 2. The molecule has 1 unspecified atom stereocenters. The number of amides is 2. The van der Waals surface area contributed by atoms with Crippen molar-refractivity contribution in [2.45, 2.75) is 39.2 Å². The first kappa shape index (κ1) is 16.8. The fourth-order valence-corrected chi connectivity index (χ4v) is 2.43. The summed E-state index contributed by atoms with van der Waals surface area (Å²) in [6.07, 6.45) is 1.72. The van der Waals surface area contributed by atoms with Crippen LogP contribution in [0.3, 0.4) is 0 Å². The molecule has 1 aliphatic heterocycles. The van der Waals surface area contributed by atoms with Crippen molar-refractivity contribution in [3.63, 3.8) is 0 Å². The van der Waals surface area contributed by atoms with Gasteiger partial charge in [0, 0.05) is 39.1 Å². The van der Waals surface area contributed by atoms with E-state index in [0.717, 1.165) is 19.5 Å². The van der Waals surface area contributed by atoms with E-state index in [1.54, 1.807) is 11.9 Å². The molecule has 116 valence electrons. The van der Waals surface area contributed by atoms with Crippen LogP contribution in [0.15, 0.2) is 0 Å². The molecule has 2 amide bonds. The third-order valence-electron chi connectivity index (χ3n) is 3.82. The smallest absolute Gasteiger partial charge is 0.317 e. The molecule has 6 nitrogen and oxygen atoms in total. The second-order valence-electron chi connectivity index (χ2n) is 5.85. The molecule has 1 fully saturated rings. The lowest BCUT2D eigenvalue weighted by Crippen LogP contribution is -2.40. The van der Waals surface area contributed by atoms with Crippen LogP contribution in [0.4, 0.5) is 4.79 Å². The lowest BCUT2D eigenvalue weighted by atomic mass is 10.1. The second kappa shape index (κ2) is 8.09. The maximum absolute atomic E-state index is 11.8. The third kappa shape index (κ3) is 5.77. The van der Waals surface area contributed by atoms with Crippen LogP contribution in [0.1, 0.15) is 33.1 Å². The molecule has 0 aliphatic carbocycles. The van der Waals surface area contributed by atoms with Crippen molar-refractivity contribution in [3.8, 4) is 0 Å². The van der Waals surface area contributed by atoms with Crippen LogP contribution in [0.2, 0.25) is 0 Å². The molecule has 0 aromatic rings. The molecule has 0 aromatic carbocycles. The maximum Gasteiger partial charge on any atom is 0.317 e. The molecule has 2 N–H and O–H groups in total. The number of hydrogen-bond acceptors (Lipinski definition) is 3. The van der Waals surface area contributed by atoms with Crippen molar-refractivity contribution in [1.82, 2.24) is 15.1 Å². The molecule has 1 rings (SSSR count). The number of aliphatic carboxylic acids is 1. The van der Waals surface area contributed by atoms with Crippen molar-refractivity contribution in [2.24, 2.45) is 5.92 Å². The molecule has 0 saturated carbocycles. The van der Waals surface area contributed by atoms with Crippen LogP contribution in [0.25, 0.3) is 0 Å². The number of carbonyl (C=O) groups excluding carboxylic acids is 1. The van der Waals surface area contributed by atoms with E-state index in [1.807, 2.05) is 0 Å². The molecular weight excluding hydrogens is 258 g/mol. The van der Waals surface area contributed by atoms with Gasteiger partial charge >= 0.3 is 12.0 Å². The highest BCUT2D eigenvalue weighted by atomic mass is 16.4. The average molecular weight is 285 g/mol. The molecule has 0 spiro atoms. The summed E-state index contributed by atoms with van der Waals surface area (Å²) in [7, 11) is 1.70. The van der Waals surface area contributed by atoms with Crippen LogP contribution in [-0.2, 0) is 4.79 Å². The van der Waals surface area contributed by atoms with E-state index in [-0.39, 0.29) is 12.5 Å². The normalized spacial score (nSPS) is 19.3. The Balaban J connectivity index is 2.18. The molecule has 1 saturated heterocycles. The Morgan fingerprint density at radius 1 is 1.45 bits per heavy atom. The SMILES string of the molecule is CC(C)N1CCC(CNC(=O)N(C)CCCC(=O)O)C1. The summed E-state index contributed by atoms with van der Waals surface area (Å²) in [4.78, 5) is 26.2. The van der Waals surface area contributed by atoms with Crippen LogP contribution < -0.4 is 5.32 Å². The number of nitrogens with zero attached hydrogens (tertiary/aromatic N) is 2. The van der Waals surface area contributed by atoms with E-state index in [2.05, 4.69) is 24.1 Å². The quantitative estimate of drug-likeness (QED) is 0.738. The monoisotopic (exact) mass is 285 g/mol. The van der Waals surface area contributed by atoms with Gasteiger partial charge in [0.05, 0.1) is 0 Å². The zero-order valence-electron chi connectivity index (χ0n) is 12.8. The average Bonchev–Trinajstić information content (AvgIpc) is 2.84. The molecular formula is C14H27N3O3. The Morgan fingerprint density at radius 2 is 2.15 bits per heavy atom. The van der Waals surface area contributed by atoms with Gasteiger partial charge in [0.15, 0.2) is 0 Å². The number of likely N-dealkylation sites (tertiary alicyclic amines) is 1. The lowest BCUT2D eigenvalue weighted by molar-refractivity contribution is -0.137. The van der Waals surface area contributed by atoms with Crippen LogP contribution in [0, 0.1) is 5.92 Å². The second-order valence-corrected chi connectivity index (χ2v) is 5.85. The summed E-state index contributed by atoms with van der Waals surface area (Å²) in [5.74, 6) is -0.299. The van der Waals surface area contributed by atoms with Crippen molar-refractivity contribution in [3.05, 3.63) is 0 Å². The first-order valence-electron chi connectivity index (χ1n) is 7.35. The van der Waals surface area contributed by atoms with Crippen molar-refractivity contribution in [1.29, 1.82) is 0 Å². The number of carboxylic acid groups (broad SMARTS) is 1. The predicted molar refractivity (Wildman–Crippen MR) is 77.7 cm³/mol. The van der Waals surface area contributed by atoms with Gasteiger partial charge in [-0.25, -0.2) is 4.79 Å². The molecule has 20 heavy (non-hydrogen) atoms. The van der Waals surface area contributed by atoms with Crippen LogP contribution in [-0.4, -0.2) is 66.2 Å². The molecule has 0 bridgehead atoms. The number of rotatable bonds is 7. The van der Waals surface area contributed by atoms with E-state index >= 15 is 0 Å². The van der Waals surface area contributed by atoms with Gasteiger partial charge in [-0.3, -0.25) is 4.79 Å². The van der Waals surface area contributed by atoms with E-state index in [9.17, 15) is 9.59 Å². The van der Waals surface area contributed by atoms with Gasteiger partial charge in [0.25, 0.3) is 0 Å². The molecule has 1 atom stereocenters. The fourth-order valence-electron chi connectivity index (χ4n) is 2.43. The van der Waals surface area contributed by atoms with E-state index in [4.69, 9.17) is 5.11 Å². The maximum atomic E-state index is 11.8. The van der Waals surface area contributed by atoms with Gasteiger partial charge in [-0.05, 0) is 39.2 Å². The van der Waals surface area contributed by atoms with Crippen LogP contribution in [0.5, 0.6) is 0 Å². The topological polar surface area (TPSA) is 72.9 Å². The third-order valence-corrected chi connectivity index (χ3v) is 3.82. The van der Waals surface area contributed by atoms with E-state index in [1.165, 1.54) is 0 Å². The fraction of sp³-hybridized carbons (Fsp3) is 0.857. The van der Waals surface area contributed by atoms with E-state index in [0.29, 0.717) is 31.5 Å². The number of urea groups is 1. The van der Waals surface area contributed by atoms with Gasteiger partial charge in [0.2, 0.25) is 0 Å². The number of nitrogens with one attached hydrogen (secondary N) is 1. The summed E-state index contributed by atoms with van der Waals surface area (Å²) in [5, 5.41) is 11.5. The summed E-state index contributed by atoms with van der Waals surface area (Å²) in [6.45, 7) is 7.70. The van der Waals surface area contributed by atoms with Gasteiger partial charge in [-0.2, -0.15) is 0 Å². The number of carboxylic acids is 1. The van der Waals surface area contributed by atoms with Crippen molar-refractivity contribution in [2.75, 3.05) is 33.2 Å². The molecule has 6 heteroatoms. The largest absolute Gasteiger partial charge is 0.481 e. The Hall–Kier alpha value is -1.30. The van der Waals surface area contributed by atoms with E-state index < -0.39 is 5.97 Å². The van der Waals surface area contributed by atoms with Gasteiger partial charge in [-0.15, -0.1) is 0 Å². The summed E-state index contributed by atoms with van der Waals surface area (Å²) < 4.78 is 0. The lowest BCUT2D eigenvalue weighted by Gasteiger charge is -2.21. The first-order valence-corrected chi connectivity index (χ1v) is 7.35. The zero-order chi connectivity index (χ0) is 15.1. The van der Waals surface area contributed by atoms with Gasteiger partial charge < -0.3 is 20.2 Å².